The summed E-state index contributed by atoms with van der Waals surface area (Å²) in [6.07, 6.45) is 0. The zero-order chi connectivity index (χ0) is 14.9. The van der Waals surface area contributed by atoms with E-state index in [4.69, 9.17) is 15.2 Å². The van der Waals surface area contributed by atoms with Gasteiger partial charge >= 0.3 is 0 Å². The van der Waals surface area contributed by atoms with Crippen LogP contribution in [0.25, 0.3) is 16.9 Å². The molecule has 0 saturated heterocycles. The molecule has 3 aromatic rings. The number of nitrogens with two attached hydrogens (primary N) is 1. The van der Waals surface area contributed by atoms with Gasteiger partial charge in [0.2, 0.25) is 0 Å². The van der Waals surface area contributed by atoms with Gasteiger partial charge in [-0.05, 0) is 30.3 Å². The average Bonchev–Trinajstić information content (AvgIpc) is 2.97. The van der Waals surface area contributed by atoms with Crippen LogP contribution in [0.15, 0.2) is 48.5 Å². The SMILES string of the molecule is Nc1c(-c2ccc3c(c2)OCCO3)nnn1-c1ccccc1. The molecule has 110 valence electrons. The Morgan fingerprint density at radius 2 is 1.73 bits per heavy atom. The maximum absolute atomic E-state index is 6.21. The number of fused-ring (bicyclic) bond motifs is 1. The summed E-state index contributed by atoms with van der Waals surface area (Å²) in [7, 11) is 0. The van der Waals surface area contributed by atoms with Gasteiger partial charge in [-0.25, -0.2) is 0 Å². The Labute approximate surface area is 127 Å². The molecule has 22 heavy (non-hydrogen) atoms. The molecule has 0 atom stereocenters. The number of nitrogens with zero attached hydrogens (tertiary/aromatic N) is 3. The first-order valence-corrected chi connectivity index (χ1v) is 6.99. The van der Waals surface area contributed by atoms with Gasteiger partial charge in [-0.15, -0.1) is 5.10 Å². The van der Waals surface area contributed by atoms with Crippen LogP contribution in [0.5, 0.6) is 11.5 Å². The van der Waals surface area contributed by atoms with Gasteiger partial charge in [0.15, 0.2) is 17.3 Å². The largest absolute Gasteiger partial charge is 0.486 e. The number of para-hydroxylation sites is 1. The van der Waals surface area contributed by atoms with Crippen molar-refractivity contribution < 1.29 is 9.47 Å². The Bertz CT molecular complexity index is 814. The number of ether oxygens (including phenoxy) is 2. The van der Waals surface area contributed by atoms with E-state index in [-0.39, 0.29) is 0 Å². The van der Waals surface area contributed by atoms with E-state index in [0.717, 1.165) is 17.0 Å². The van der Waals surface area contributed by atoms with Crippen molar-refractivity contribution in [3.8, 4) is 28.4 Å². The fourth-order valence-electron chi connectivity index (χ4n) is 2.45. The van der Waals surface area contributed by atoms with Gasteiger partial charge in [-0.3, -0.25) is 0 Å². The summed E-state index contributed by atoms with van der Waals surface area (Å²) < 4.78 is 12.7. The lowest BCUT2D eigenvalue weighted by atomic mass is 10.1. The predicted molar refractivity (Wildman–Crippen MR) is 82.2 cm³/mol. The molecule has 4 rings (SSSR count). The minimum atomic E-state index is 0.489. The number of benzene rings is 2. The number of nitrogen functional groups attached to an aromatic ring is 1. The molecule has 0 radical (unpaired) electrons. The monoisotopic (exact) mass is 294 g/mol. The van der Waals surface area contributed by atoms with Gasteiger partial charge in [0.05, 0.1) is 5.69 Å². The van der Waals surface area contributed by atoms with Crippen molar-refractivity contribution in [3.05, 3.63) is 48.5 Å². The molecule has 2 aromatic carbocycles. The molecule has 0 aliphatic carbocycles. The highest BCUT2D eigenvalue weighted by atomic mass is 16.6. The second-order valence-electron chi connectivity index (χ2n) is 4.93. The molecule has 0 bridgehead atoms. The van der Waals surface area contributed by atoms with Crippen LogP contribution < -0.4 is 15.2 Å². The second kappa shape index (κ2) is 5.07. The van der Waals surface area contributed by atoms with Gasteiger partial charge in [-0.2, -0.15) is 4.68 Å². The van der Waals surface area contributed by atoms with Crippen LogP contribution in [0.1, 0.15) is 0 Å². The number of hydrogen-bond donors (Lipinski definition) is 1. The molecule has 2 N–H and O–H groups in total. The van der Waals surface area contributed by atoms with Crippen molar-refractivity contribution in [2.45, 2.75) is 0 Å². The third-order valence-corrected chi connectivity index (χ3v) is 3.52. The summed E-state index contributed by atoms with van der Waals surface area (Å²) in [5, 5.41) is 8.35. The first-order valence-electron chi connectivity index (χ1n) is 6.99. The smallest absolute Gasteiger partial charge is 0.162 e. The molecule has 1 aromatic heterocycles. The van der Waals surface area contributed by atoms with Gasteiger partial charge in [0.1, 0.15) is 18.9 Å². The molecule has 0 saturated carbocycles. The number of aromatic nitrogens is 3. The van der Waals surface area contributed by atoms with E-state index < -0.39 is 0 Å². The number of hydrogen-bond acceptors (Lipinski definition) is 5. The summed E-state index contributed by atoms with van der Waals surface area (Å²) in [4.78, 5) is 0. The Hall–Kier alpha value is -3.02. The highest BCUT2D eigenvalue weighted by molar-refractivity contribution is 5.73. The average molecular weight is 294 g/mol. The maximum atomic E-state index is 6.21. The van der Waals surface area contributed by atoms with Crippen LogP contribution in [0.3, 0.4) is 0 Å². The second-order valence-corrected chi connectivity index (χ2v) is 4.93. The standard InChI is InChI=1S/C16H14N4O2/c17-16-15(18-19-20(16)12-4-2-1-3-5-12)11-6-7-13-14(10-11)22-9-8-21-13/h1-7,10H,8-9,17H2. The van der Waals surface area contributed by atoms with Crippen LogP contribution in [-0.2, 0) is 0 Å². The maximum Gasteiger partial charge on any atom is 0.162 e. The Kier molecular flexibility index (Phi) is 2.93. The summed E-state index contributed by atoms with van der Waals surface area (Å²) in [6.45, 7) is 1.11. The van der Waals surface area contributed by atoms with E-state index in [1.807, 2.05) is 48.5 Å². The Balaban J connectivity index is 1.76. The third kappa shape index (κ3) is 2.05. The van der Waals surface area contributed by atoms with E-state index in [2.05, 4.69) is 10.3 Å². The van der Waals surface area contributed by atoms with Gasteiger partial charge in [0.25, 0.3) is 0 Å². The molecule has 0 unspecified atom stereocenters. The molecular formula is C16H14N4O2. The topological polar surface area (TPSA) is 75.2 Å². The van der Waals surface area contributed by atoms with Crippen molar-refractivity contribution >= 4 is 5.82 Å². The zero-order valence-electron chi connectivity index (χ0n) is 11.8. The molecule has 1 aliphatic heterocycles. The fraction of sp³-hybridized carbons (Fsp3) is 0.125. The number of anilines is 1. The van der Waals surface area contributed by atoms with E-state index in [1.54, 1.807) is 4.68 Å². The summed E-state index contributed by atoms with van der Waals surface area (Å²) in [5.41, 5.74) is 8.56. The number of rotatable bonds is 2. The summed E-state index contributed by atoms with van der Waals surface area (Å²) >= 11 is 0. The minimum absolute atomic E-state index is 0.489. The lowest BCUT2D eigenvalue weighted by Crippen LogP contribution is -2.15. The first kappa shape index (κ1) is 12.7. The Morgan fingerprint density at radius 3 is 2.55 bits per heavy atom. The van der Waals surface area contributed by atoms with Crippen LogP contribution in [0.2, 0.25) is 0 Å². The zero-order valence-corrected chi connectivity index (χ0v) is 11.8. The predicted octanol–water partition coefficient (Wildman–Crippen LogP) is 2.29. The van der Waals surface area contributed by atoms with E-state index in [9.17, 15) is 0 Å². The molecule has 2 heterocycles. The van der Waals surface area contributed by atoms with Crippen molar-refractivity contribution in [3.63, 3.8) is 0 Å². The third-order valence-electron chi connectivity index (χ3n) is 3.52. The van der Waals surface area contributed by atoms with Crippen molar-refractivity contribution in [1.29, 1.82) is 0 Å². The first-order chi connectivity index (χ1) is 10.8. The highest BCUT2D eigenvalue weighted by Gasteiger charge is 2.17. The van der Waals surface area contributed by atoms with E-state index >= 15 is 0 Å². The molecule has 0 spiro atoms. The van der Waals surface area contributed by atoms with E-state index in [0.29, 0.717) is 30.5 Å². The molecule has 0 amide bonds. The van der Waals surface area contributed by atoms with Crippen LogP contribution in [0.4, 0.5) is 5.82 Å². The van der Waals surface area contributed by atoms with Gasteiger partial charge < -0.3 is 15.2 Å². The normalized spacial score (nSPS) is 13.1. The minimum Gasteiger partial charge on any atom is -0.486 e. The molecule has 6 nitrogen and oxygen atoms in total. The van der Waals surface area contributed by atoms with Gasteiger partial charge in [-0.1, -0.05) is 23.4 Å². The van der Waals surface area contributed by atoms with Crippen molar-refractivity contribution in [1.82, 2.24) is 15.0 Å². The van der Waals surface area contributed by atoms with Gasteiger partial charge in [0, 0.05) is 5.56 Å². The Morgan fingerprint density at radius 1 is 0.955 bits per heavy atom. The molecule has 1 aliphatic rings. The quantitative estimate of drug-likeness (QED) is 0.785. The lowest BCUT2D eigenvalue weighted by Gasteiger charge is -2.18. The van der Waals surface area contributed by atoms with Crippen LogP contribution in [-0.4, -0.2) is 28.2 Å². The highest BCUT2D eigenvalue weighted by Crippen LogP contribution is 2.35. The van der Waals surface area contributed by atoms with E-state index in [1.165, 1.54) is 0 Å². The van der Waals surface area contributed by atoms with Crippen molar-refractivity contribution in [2.75, 3.05) is 18.9 Å². The summed E-state index contributed by atoms with van der Waals surface area (Å²) in [6, 6.07) is 15.3. The summed E-state index contributed by atoms with van der Waals surface area (Å²) in [5.74, 6) is 1.93. The lowest BCUT2D eigenvalue weighted by molar-refractivity contribution is 0.171. The fourth-order valence-corrected chi connectivity index (χ4v) is 2.45. The van der Waals surface area contributed by atoms with Crippen LogP contribution in [0, 0.1) is 0 Å². The van der Waals surface area contributed by atoms with Crippen LogP contribution >= 0.6 is 0 Å². The van der Waals surface area contributed by atoms with Crippen molar-refractivity contribution in [2.24, 2.45) is 0 Å². The molecule has 0 fully saturated rings. The molecular weight excluding hydrogens is 280 g/mol. The molecule has 6 heteroatoms.